The fourth-order valence-electron chi connectivity index (χ4n) is 8.62. The first-order valence-electron chi connectivity index (χ1n) is 29.7. The predicted molar refractivity (Wildman–Crippen MR) is 298 cm³/mol. The van der Waals surface area contributed by atoms with Crippen molar-refractivity contribution in [3.63, 3.8) is 0 Å². The second-order valence-electron chi connectivity index (χ2n) is 21.4. The van der Waals surface area contributed by atoms with E-state index in [9.17, 15) is 14.3 Å². The lowest BCUT2D eigenvalue weighted by atomic mass is 10.0. The van der Waals surface area contributed by atoms with Crippen LogP contribution in [-0.2, 0) is 27.9 Å². The molecule has 0 aromatic heterocycles. The van der Waals surface area contributed by atoms with Crippen LogP contribution in [0.3, 0.4) is 0 Å². The third-order valence-corrected chi connectivity index (χ3v) is 14.2. The highest BCUT2D eigenvalue weighted by atomic mass is 31.2. The fraction of sp³-hybridized carbons (Fsp3) is 0.883. The molecule has 0 bridgehead atoms. The van der Waals surface area contributed by atoms with E-state index in [0.29, 0.717) is 24.1 Å². The van der Waals surface area contributed by atoms with Crippen LogP contribution in [0.25, 0.3) is 0 Å². The highest BCUT2D eigenvalue weighted by molar-refractivity contribution is 7.47. The Morgan fingerprint density at radius 3 is 1.19 bits per heavy atom. The lowest BCUT2D eigenvalue weighted by Crippen LogP contribution is -2.37. The van der Waals surface area contributed by atoms with Crippen molar-refractivity contribution in [3.05, 3.63) is 36.5 Å². The molecule has 0 saturated carbocycles. The number of unbranched alkanes of at least 4 members (excludes halogenated alkanes) is 36. The van der Waals surface area contributed by atoms with Crippen LogP contribution in [0.5, 0.6) is 0 Å². The van der Waals surface area contributed by atoms with Crippen LogP contribution in [-0.4, -0.2) is 75.6 Å². The molecule has 0 heterocycles. The van der Waals surface area contributed by atoms with Gasteiger partial charge in [-0.3, -0.25) is 13.8 Å². The first-order valence-corrected chi connectivity index (χ1v) is 31.2. The number of hydrogen-bond donors (Lipinski definition) is 1. The smallest absolute Gasteiger partial charge is 0.457 e. The Hall–Kier alpha value is -1.28. The lowest BCUT2D eigenvalue weighted by molar-refractivity contribution is -0.870. The van der Waals surface area contributed by atoms with Crippen molar-refractivity contribution >= 4 is 13.8 Å². The topological polar surface area (TPSA) is 91.3 Å². The third-order valence-electron chi connectivity index (χ3n) is 13.2. The van der Waals surface area contributed by atoms with Crippen molar-refractivity contribution in [1.29, 1.82) is 0 Å². The number of esters is 1. The van der Waals surface area contributed by atoms with E-state index < -0.39 is 13.9 Å². The number of likely N-dealkylation sites (N-methyl/N-ethyl adjacent to an activating group) is 1. The Kier molecular flexibility index (Phi) is 52.0. The Morgan fingerprint density at radius 2 is 0.797 bits per heavy atom. The van der Waals surface area contributed by atoms with Crippen LogP contribution in [0.2, 0.25) is 0 Å². The van der Waals surface area contributed by atoms with E-state index >= 15 is 0 Å². The van der Waals surface area contributed by atoms with Crippen molar-refractivity contribution in [2.24, 2.45) is 0 Å². The highest BCUT2D eigenvalue weighted by Gasteiger charge is 2.26. The van der Waals surface area contributed by atoms with E-state index in [1.807, 2.05) is 21.1 Å². The zero-order valence-electron chi connectivity index (χ0n) is 46.6. The van der Waals surface area contributed by atoms with Crippen LogP contribution in [0, 0.1) is 0 Å². The molecule has 0 spiro atoms. The first-order chi connectivity index (χ1) is 33.6. The van der Waals surface area contributed by atoms with Crippen molar-refractivity contribution in [2.45, 2.75) is 290 Å². The molecule has 408 valence electrons. The van der Waals surface area contributed by atoms with Gasteiger partial charge < -0.3 is 18.9 Å². The van der Waals surface area contributed by atoms with Gasteiger partial charge in [-0.05, 0) is 51.4 Å². The second kappa shape index (κ2) is 53.0. The summed E-state index contributed by atoms with van der Waals surface area (Å²) in [6.07, 6.45) is 66.4. The van der Waals surface area contributed by atoms with Crippen LogP contribution in [0.15, 0.2) is 36.5 Å². The number of allylic oxidation sites excluding steroid dienone is 6. The van der Waals surface area contributed by atoms with Gasteiger partial charge in [0.2, 0.25) is 0 Å². The van der Waals surface area contributed by atoms with Crippen LogP contribution in [0.4, 0.5) is 0 Å². The molecule has 0 saturated heterocycles. The SMILES string of the molecule is CCCCCCC/C=C\C/C=C\C/C=C\CCCCCCCCC(=O)OC(COCCCCCCCCCCCCCCCCCCCCCCCCCCCC)COP(=O)(O)OCC[N+](C)(C)C. The molecule has 2 atom stereocenters. The van der Waals surface area contributed by atoms with Gasteiger partial charge in [-0.1, -0.05) is 262 Å². The summed E-state index contributed by atoms with van der Waals surface area (Å²) in [5.41, 5.74) is 0. The van der Waals surface area contributed by atoms with E-state index in [0.717, 1.165) is 57.8 Å². The van der Waals surface area contributed by atoms with E-state index in [-0.39, 0.29) is 25.8 Å². The van der Waals surface area contributed by atoms with Gasteiger partial charge in [-0.2, -0.15) is 0 Å². The molecule has 8 nitrogen and oxygen atoms in total. The monoisotopic (exact) mass is 995 g/mol. The minimum absolute atomic E-state index is 0.0871. The standard InChI is InChI=1S/C60H116NO7P/c1-6-8-10-12-14-16-18-20-22-24-26-28-29-30-31-32-34-36-38-40-42-44-46-48-50-52-55-65-57-59(58-67-69(63,64)66-56-54-61(3,4)5)68-60(62)53-51-49-47-45-43-41-39-37-35-33-27-25-23-21-19-17-15-13-11-9-7-2/h19,21,25,27,35,37,59H,6-18,20,22-24,26,28-34,36,38-58H2,1-5H3/p+1/b21-19-,27-25-,37-35-. The number of carbonyl (C=O) groups excluding carboxylic acids is 1. The Balaban J connectivity index is 4.04. The molecule has 69 heavy (non-hydrogen) atoms. The minimum atomic E-state index is -4.29. The molecule has 0 aromatic carbocycles. The van der Waals surface area contributed by atoms with Crippen molar-refractivity contribution in [2.75, 3.05) is 54.1 Å². The lowest BCUT2D eigenvalue weighted by Gasteiger charge is -2.24. The largest absolute Gasteiger partial charge is 0.472 e. The zero-order valence-corrected chi connectivity index (χ0v) is 47.5. The molecule has 0 amide bonds. The number of carbonyl (C=O) groups is 1. The summed E-state index contributed by atoms with van der Waals surface area (Å²) in [5, 5.41) is 0. The molecule has 2 unspecified atom stereocenters. The molecular formula is C60H117NO7P+. The van der Waals surface area contributed by atoms with Crippen molar-refractivity contribution < 1.29 is 37.3 Å². The summed E-state index contributed by atoms with van der Waals surface area (Å²) >= 11 is 0. The second-order valence-corrected chi connectivity index (χ2v) is 22.8. The maximum absolute atomic E-state index is 12.8. The fourth-order valence-corrected chi connectivity index (χ4v) is 9.36. The molecule has 0 aliphatic heterocycles. The molecule has 0 rings (SSSR count). The van der Waals surface area contributed by atoms with Crippen molar-refractivity contribution in [3.8, 4) is 0 Å². The Bertz CT molecular complexity index is 1200. The van der Waals surface area contributed by atoms with Gasteiger partial charge in [0.25, 0.3) is 0 Å². The molecule has 0 radical (unpaired) electrons. The summed E-state index contributed by atoms with van der Waals surface area (Å²) in [6, 6.07) is 0. The summed E-state index contributed by atoms with van der Waals surface area (Å²) in [5.74, 6) is -0.320. The maximum Gasteiger partial charge on any atom is 0.472 e. The molecule has 0 aliphatic carbocycles. The average Bonchev–Trinajstić information content (AvgIpc) is 3.31. The molecule has 0 aromatic rings. The number of quaternary nitrogens is 1. The maximum atomic E-state index is 12.8. The molecule has 0 fully saturated rings. The number of hydrogen-bond acceptors (Lipinski definition) is 6. The average molecular weight is 996 g/mol. The van der Waals surface area contributed by atoms with Crippen LogP contribution >= 0.6 is 7.82 Å². The van der Waals surface area contributed by atoms with Gasteiger partial charge in [-0.25, -0.2) is 4.57 Å². The highest BCUT2D eigenvalue weighted by Crippen LogP contribution is 2.43. The first kappa shape index (κ1) is 67.7. The van der Waals surface area contributed by atoms with E-state index in [1.165, 1.54) is 205 Å². The number of rotatable bonds is 56. The number of phosphoric acid groups is 1. The van der Waals surface area contributed by atoms with Gasteiger partial charge in [-0.15, -0.1) is 0 Å². The number of nitrogens with zero attached hydrogens (tertiary/aromatic N) is 1. The summed E-state index contributed by atoms with van der Waals surface area (Å²) < 4.78 is 35.3. The normalized spacial score (nSPS) is 13.7. The molecule has 9 heteroatoms. The van der Waals surface area contributed by atoms with Gasteiger partial charge in [0.05, 0.1) is 34.4 Å². The minimum Gasteiger partial charge on any atom is -0.457 e. The molecule has 1 N–H and O–H groups in total. The van der Waals surface area contributed by atoms with Gasteiger partial charge in [0.1, 0.15) is 19.3 Å². The van der Waals surface area contributed by atoms with Crippen LogP contribution < -0.4 is 0 Å². The predicted octanol–water partition coefficient (Wildman–Crippen LogP) is 18.8. The zero-order chi connectivity index (χ0) is 50.5. The van der Waals surface area contributed by atoms with Gasteiger partial charge in [0, 0.05) is 13.0 Å². The van der Waals surface area contributed by atoms with E-state index in [4.69, 9.17) is 18.5 Å². The Labute approximate surface area is 429 Å². The van der Waals surface area contributed by atoms with Crippen molar-refractivity contribution in [1.82, 2.24) is 0 Å². The van der Waals surface area contributed by atoms with E-state index in [2.05, 4.69) is 50.3 Å². The van der Waals surface area contributed by atoms with Gasteiger partial charge >= 0.3 is 13.8 Å². The number of phosphoric ester groups is 1. The third kappa shape index (κ3) is 57.5. The summed E-state index contributed by atoms with van der Waals surface area (Å²) in [6.45, 7) is 5.65. The molecular weight excluding hydrogens is 878 g/mol. The molecule has 0 aliphatic rings. The van der Waals surface area contributed by atoms with Gasteiger partial charge in [0.15, 0.2) is 0 Å². The summed E-state index contributed by atoms with van der Waals surface area (Å²) in [4.78, 5) is 23.1. The quantitative estimate of drug-likeness (QED) is 0.0213. The number of ether oxygens (including phenoxy) is 2. The van der Waals surface area contributed by atoms with E-state index in [1.54, 1.807) is 0 Å². The van der Waals surface area contributed by atoms with Crippen LogP contribution in [0.1, 0.15) is 284 Å². The Morgan fingerprint density at radius 1 is 0.449 bits per heavy atom. The summed E-state index contributed by atoms with van der Waals surface area (Å²) in [7, 11) is 1.67.